The molecule has 9 heteroatoms. The van der Waals surface area contributed by atoms with Gasteiger partial charge in [0.25, 0.3) is 0 Å². The summed E-state index contributed by atoms with van der Waals surface area (Å²) >= 11 is 1.75. The van der Waals surface area contributed by atoms with Gasteiger partial charge in [0.15, 0.2) is 15.8 Å². The van der Waals surface area contributed by atoms with E-state index in [1.54, 1.807) is 11.8 Å². The molecule has 0 saturated carbocycles. The third-order valence-electron chi connectivity index (χ3n) is 3.30. The van der Waals surface area contributed by atoms with Gasteiger partial charge in [0.2, 0.25) is 0 Å². The van der Waals surface area contributed by atoms with E-state index in [0.29, 0.717) is 28.9 Å². The number of sulfone groups is 1. The van der Waals surface area contributed by atoms with Crippen molar-refractivity contribution < 1.29 is 12.8 Å². The van der Waals surface area contributed by atoms with Gasteiger partial charge in [-0.1, -0.05) is 13.0 Å². The first-order chi connectivity index (χ1) is 11.2. The molecular formula is C16H27FIN3O2S2. The summed E-state index contributed by atoms with van der Waals surface area (Å²) in [5.41, 5.74) is 1.16. The smallest absolute Gasteiger partial charge is 0.191 e. The van der Waals surface area contributed by atoms with Crippen LogP contribution in [-0.4, -0.2) is 45.2 Å². The highest BCUT2D eigenvalue weighted by Crippen LogP contribution is 2.15. The first-order valence-corrected chi connectivity index (χ1v) is 11.1. The number of guanidine groups is 1. The summed E-state index contributed by atoms with van der Waals surface area (Å²) in [6.45, 7) is 5.75. The number of hydrogen-bond acceptors (Lipinski definition) is 4. The van der Waals surface area contributed by atoms with Crippen LogP contribution in [0.2, 0.25) is 0 Å². The summed E-state index contributed by atoms with van der Waals surface area (Å²) in [4.78, 5) is 4.45. The predicted molar refractivity (Wildman–Crippen MR) is 116 cm³/mol. The first-order valence-electron chi connectivity index (χ1n) is 7.75. The second kappa shape index (κ2) is 11.9. The second-order valence-electron chi connectivity index (χ2n) is 5.61. The molecule has 0 aliphatic heterocycles. The Bertz CT molecular complexity index is 669. The van der Waals surface area contributed by atoms with Crippen LogP contribution in [0.15, 0.2) is 23.2 Å². The fraction of sp³-hybridized carbons (Fsp3) is 0.562. The van der Waals surface area contributed by atoms with E-state index in [1.807, 2.05) is 13.2 Å². The molecule has 0 saturated heterocycles. The Morgan fingerprint density at radius 1 is 1.32 bits per heavy atom. The van der Waals surface area contributed by atoms with E-state index in [2.05, 4.69) is 22.5 Å². The molecule has 0 bridgehead atoms. The molecule has 0 aliphatic rings. The van der Waals surface area contributed by atoms with E-state index < -0.39 is 15.7 Å². The minimum atomic E-state index is -3.19. The van der Waals surface area contributed by atoms with Crippen LogP contribution in [0.4, 0.5) is 4.39 Å². The van der Waals surface area contributed by atoms with Crippen LogP contribution in [0.1, 0.15) is 25.0 Å². The lowest BCUT2D eigenvalue weighted by Crippen LogP contribution is -2.40. The standard InChI is InChI=1S/C16H26FN3O2S2.HI/c1-5-18-16(19-9-12(2)23-3)20-10-14-8-15(17)7-6-13(14)11-24(4,21)22;/h6-8,12H,5,9-11H2,1-4H3,(H2,18,19,20);1H. The Labute approximate surface area is 171 Å². The second-order valence-corrected chi connectivity index (χ2v) is 9.02. The number of nitrogens with zero attached hydrogens (tertiary/aromatic N) is 1. The van der Waals surface area contributed by atoms with Gasteiger partial charge in [0.05, 0.1) is 12.3 Å². The highest BCUT2D eigenvalue weighted by Gasteiger charge is 2.11. The van der Waals surface area contributed by atoms with Gasteiger partial charge in [0, 0.05) is 24.6 Å². The van der Waals surface area contributed by atoms with E-state index in [9.17, 15) is 12.8 Å². The van der Waals surface area contributed by atoms with E-state index in [-0.39, 0.29) is 36.3 Å². The highest BCUT2D eigenvalue weighted by molar-refractivity contribution is 14.0. The van der Waals surface area contributed by atoms with Crippen molar-refractivity contribution in [3.63, 3.8) is 0 Å². The Hall–Kier alpha value is -0.550. The minimum Gasteiger partial charge on any atom is -0.357 e. The van der Waals surface area contributed by atoms with Gasteiger partial charge in [-0.15, -0.1) is 24.0 Å². The van der Waals surface area contributed by atoms with E-state index in [0.717, 1.165) is 6.54 Å². The molecule has 1 unspecified atom stereocenters. The van der Waals surface area contributed by atoms with Crippen molar-refractivity contribution in [1.82, 2.24) is 10.6 Å². The third kappa shape index (κ3) is 10.2. The van der Waals surface area contributed by atoms with E-state index in [1.165, 1.54) is 24.5 Å². The monoisotopic (exact) mass is 503 g/mol. The molecule has 1 aromatic carbocycles. The van der Waals surface area contributed by atoms with Gasteiger partial charge < -0.3 is 10.6 Å². The molecule has 0 radical (unpaired) electrons. The number of aliphatic imine (C=N–C) groups is 1. The van der Waals surface area contributed by atoms with Crippen LogP contribution in [0, 0.1) is 5.82 Å². The summed E-state index contributed by atoms with van der Waals surface area (Å²) in [6, 6.07) is 4.13. The van der Waals surface area contributed by atoms with Crippen molar-refractivity contribution in [1.29, 1.82) is 0 Å². The van der Waals surface area contributed by atoms with Gasteiger partial charge >= 0.3 is 0 Å². The van der Waals surface area contributed by atoms with Gasteiger partial charge in [-0.25, -0.2) is 17.8 Å². The summed E-state index contributed by atoms with van der Waals surface area (Å²) in [6.07, 6.45) is 3.21. The van der Waals surface area contributed by atoms with Crippen LogP contribution in [0.3, 0.4) is 0 Å². The number of benzene rings is 1. The lowest BCUT2D eigenvalue weighted by atomic mass is 10.1. The average Bonchev–Trinajstić information content (AvgIpc) is 2.50. The lowest BCUT2D eigenvalue weighted by Gasteiger charge is -2.15. The lowest BCUT2D eigenvalue weighted by molar-refractivity contribution is 0.600. The van der Waals surface area contributed by atoms with Crippen molar-refractivity contribution in [2.45, 2.75) is 31.4 Å². The van der Waals surface area contributed by atoms with Crippen molar-refractivity contribution >= 4 is 51.5 Å². The first kappa shape index (κ1) is 24.5. The summed E-state index contributed by atoms with van der Waals surface area (Å²) < 4.78 is 36.6. The Balaban J connectivity index is 0.00000576. The zero-order valence-corrected chi connectivity index (χ0v) is 19.0. The molecule has 0 amide bonds. The van der Waals surface area contributed by atoms with Gasteiger partial charge in [-0.2, -0.15) is 11.8 Å². The highest BCUT2D eigenvalue weighted by atomic mass is 127. The number of nitrogens with one attached hydrogen (secondary N) is 2. The molecule has 144 valence electrons. The predicted octanol–water partition coefficient (Wildman–Crippen LogP) is 2.79. The molecule has 0 fully saturated rings. The SMILES string of the molecule is CCNC(=NCc1cc(F)ccc1CS(C)(=O)=O)NCC(C)SC.I. The maximum atomic E-state index is 13.5. The van der Waals surface area contributed by atoms with Crippen LogP contribution in [0.25, 0.3) is 0 Å². The topological polar surface area (TPSA) is 70.6 Å². The summed E-state index contributed by atoms with van der Waals surface area (Å²) in [5, 5.41) is 6.80. The average molecular weight is 503 g/mol. The Kier molecular flexibility index (Phi) is 11.7. The molecule has 2 N–H and O–H groups in total. The normalized spacial score (nSPS) is 13.1. The molecule has 0 aromatic heterocycles. The van der Waals surface area contributed by atoms with E-state index in [4.69, 9.17) is 0 Å². The fourth-order valence-corrected chi connectivity index (χ4v) is 3.09. The quantitative estimate of drug-likeness (QED) is 0.325. The molecule has 25 heavy (non-hydrogen) atoms. The maximum absolute atomic E-state index is 13.5. The molecular weight excluding hydrogens is 476 g/mol. The van der Waals surface area contributed by atoms with Crippen LogP contribution < -0.4 is 10.6 Å². The molecule has 1 rings (SSSR count). The van der Waals surface area contributed by atoms with Crippen molar-refractivity contribution in [2.24, 2.45) is 4.99 Å². The molecule has 0 heterocycles. The number of hydrogen-bond donors (Lipinski definition) is 2. The zero-order chi connectivity index (χ0) is 18.2. The van der Waals surface area contributed by atoms with Crippen molar-refractivity contribution in [3.05, 3.63) is 35.1 Å². The summed E-state index contributed by atoms with van der Waals surface area (Å²) in [5.74, 6) is 0.116. The maximum Gasteiger partial charge on any atom is 0.191 e. The Morgan fingerprint density at radius 2 is 2.00 bits per heavy atom. The molecule has 1 aromatic rings. The number of halogens is 2. The molecule has 5 nitrogen and oxygen atoms in total. The van der Waals surface area contributed by atoms with Gasteiger partial charge in [0.1, 0.15) is 5.82 Å². The number of rotatable bonds is 8. The number of thioether (sulfide) groups is 1. The van der Waals surface area contributed by atoms with Gasteiger partial charge in [-0.05, 0) is 36.4 Å². The van der Waals surface area contributed by atoms with Crippen molar-refractivity contribution in [2.75, 3.05) is 25.6 Å². The molecule has 0 spiro atoms. The summed E-state index contributed by atoms with van der Waals surface area (Å²) in [7, 11) is -3.19. The van der Waals surface area contributed by atoms with Crippen molar-refractivity contribution in [3.8, 4) is 0 Å². The molecule has 0 aliphatic carbocycles. The van der Waals surface area contributed by atoms with Crippen LogP contribution in [-0.2, 0) is 22.1 Å². The largest absolute Gasteiger partial charge is 0.357 e. The minimum absolute atomic E-state index is 0. The zero-order valence-electron chi connectivity index (χ0n) is 15.0. The Morgan fingerprint density at radius 3 is 2.56 bits per heavy atom. The van der Waals surface area contributed by atoms with Crippen LogP contribution >= 0.6 is 35.7 Å². The van der Waals surface area contributed by atoms with Crippen LogP contribution in [0.5, 0.6) is 0 Å². The fourth-order valence-electron chi connectivity index (χ4n) is 1.99. The molecule has 1 atom stereocenters. The van der Waals surface area contributed by atoms with E-state index >= 15 is 0 Å². The van der Waals surface area contributed by atoms with Gasteiger partial charge in [-0.3, -0.25) is 0 Å². The third-order valence-corrected chi connectivity index (χ3v) is 5.10.